The summed E-state index contributed by atoms with van der Waals surface area (Å²) in [5.41, 5.74) is 0. The second-order valence-corrected chi connectivity index (χ2v) is 7.10. The van der Waals surface area contributed by atoms with Crippen LogP contribution in [0.25, 0.3) is 0 Å². The molecule has 0 bridgehead atoms. The number of hydrogen-bond acceptors (Lipinski definition) is 3. The molecule has 4 heteroatoms. The minimum Gasteiger partial charge on any atom is -0.316 e. The summed E-state index contributed by atoms with van der Waals surface area (Å²) in [4.78, 5) is 0. The van der Waals surface area contributed by atoms with Gasteiger partial charge in [-0.15, -0.1) is 0 Å². The van der Waals surface area contributed by atoms with Gasteiger partial charge in [-0.05, 0) is 25.3 Å². The van der Waals surface area contributed by atoms with Crippen molar-refractivity contribution in [3.63, 3.8) is 0 Å². The number of nitrogens with one attached hydrogen (secondary N) is 1. The highest BCUT2D eigenvalue weighted by Crippen LogP contribution is 2.03. The van der Waals surface area contributed by atoms with Crippen molar-refractivity contribution in [1.29, 1.82) is 0 Å². The van der Waals surface area contributed by atoms with Crippen molar-refractivity contribution in [2.24, 2.45) is 5.92 Å². The van der Waals surface area contributed by atoms with E-state index >= 15 is 0 Å². The highest BCUT2D eigenvalue weighted by atomic mass is 32.2. The van der Waals surface area contributed by atoms with E-state index in [1.54, 1.807) is 0 Å². The van der Waals surface area contributed by atoms with Gasteiger partial charge in [-0.2, -0.15) is 0 Å². The zero-order chi connectivity index (χ0) is 12.4. The van der Waals surface area contributed by atoms with E-state index in [0.717, 1.165) is 19.4 Å². The Labute approximate surface area is 101 Å². The molecule has 0 aromatic carbocycles. The molecule has 0 aliphatic heterocycles. The van der Waals surface area contributed by atoms with Gasteiger partial charge in [-0.1, -0.05) is 33.6 Å². The van der Waals surface area contributed by atoms with E-state index in [4.69, 9.17) is 0 Å². The largest absolute Gasteiger partial charge is 0.316 e. The first kappa shape index (κ1) is 15.9. The van der Waals surface area contributed by atoms with Gasteiger partial charge in [0.1, 0.15) is 0 Å². The average molecular weight is 249 g/mol. The molecule has 0 aromatic rings. The van der Waals surface area contributed by atoms with Gasteiger partial charge in [0.05, 0.1) is 11.5 Å². The SMILES string of the molecule is CCCCCNCCS(=O)(=O)CCC(C)C. The molecule has 0 amide bonds. The Hall–Kier alpha value is -0.0900. The summed E-state index contributed by atoms with van der Waals surface area (Å²) < 4.78 is 23.2. The van der Waals surface area contributed by atoms with E-state index in [2.05, 4.69) is 26.1 Å². The van der Waals surface area contributed by atoms with E-state index in [-0.39, 0.29) is 5.75 Å². The lowest BCUT2D eigenvalue weighted by atomic mass is 10.2. The average Bonchev–Trinajstić information content (AvgIpc) is 2.21. The first-order chi connectivity index (χ1) is 7.48. The van der Waals surface area contributed by atoms with Crippen LogP contribution in [-0.4, -0.2) is 33.0 Å². The monoisotopic (exact) mass is 249 g/mol. The molecule has 98 valence electrons. The van der Waals surface area contributed by atoms with Gasteiger partial charge in [0.25, 0.3) is 0 Å². The lowest BCUT2D eigenvalue weighted by Gasteiger charge is -2.07. The normalized spacial score (nSPS) is 12.2. The predicted octanol–water partition coefficient (Wildman–Crippen LogP) is 2.23. The summed E-state index contributed by atoms with van der Waals surface area (Å²) in [7, 11) is -2.83. The molecule has 0 saturated heterocycles. The third-order valence-electron chi connectivity index (χ3n) is 2.55. The van der Waals surface area contributed by atoms with Gasteiger partial charge in [0.15, 0.2) is 9.84 Å². The fourth-order valence-corrected chi connectivity index (χ4v) is 2.86. The van der Waals surface area contributed by atoms with Crippen molar-refractivity contribution in [2.45, 2.75) is 46.5 Å². The maximum atomic E-state index is 11.6. The zero-order valence-electron chi connectivity index (χ0n) is 11.0. The molecule has 0 saturated carbocycles. The van der Waals surface area contributed by atoms with Crippen LogP contribution in [0.1, 0.15) is 46.5 Å². The van der Waals surface area contributed by atoms with Crippen molar-refractivity contribution in [1.82, 2.24) is 5.32 Å². The molecular formula is C12H27NO2S. The van der Waals surface area contributed by atoms with Crippen LogP contribution in [0.2, 0.25) is 0 Å². The van der Waals surface area contributed by atoms with Gasteiger partial charge < -0.3 is 5.32 Å². The number of rotatable bonds is 10. The Kier molecular flexibility index (Phi) is 8.94. The Morgan fingerprint density at radius 1 is 1.06 bits per heavy atom. The minimum atomic E-state index is -2.83. The first-order valence-electron chi connectivity index (χ1n) is 6.39. The van der Waals surface area contributed by atoms with Crippen LogP contribution in [-0.2, 0) is 9.84 Å². The third kappa shape index (κ3) is 10.4. The number of hydrogen-bond donors (Lipinski definition) is 1. The number of sulfone groups is 1. The summed E-state index contributed by atoms with van der Waals surface area (Å²) in [5.74, 6) is 1.08. The number of unbranched alkanes of at least 4 members (excludes halogenated alkanes) is 2. The molecule has 0 fully saturated rings. The molecule has 0 aliphatic rings. The summed E-state index contributed by atoms with van der Waals surface area (Å²) in [6.45, 7) is 7.81. The van der Waals surface area contributed by atoms with Crippen LogP contribution in [0.15, 0.2) is 0 Å². The Bertz CT molecular complexity index is 248. The van der Waals surface area contributed by atoms with E-state index in [1.165, 1.54) is 12.8 Å². The van der Waals surface area contributed by atoms with Crippen LogP contribution >= 0.6 is 0 Å². The summed E-state index contributed by atoms with van der Waals surface area (Å²) in [6.07, 6.45) is 4.34. The van der Waals surface area contributed by atoms with Gasteiger partial charge in [0, 0.05) is 6.54 Å². The standard InChI is InChI=1S/C12H27NO2S/c1-4-5-6-8-13-9-11-16(14,15)10-7-12(2)3/h12-13H,4-11H2,1-3H3. The molecule has 1 N–H and O–H groups in total. The summed E-state index contributed by atoms with van der Waals surface area (Å²) in [5, 5.41) is 3.18. The predicted molar refractivity (Wildman–Crippen MR) is 70.5 cm³/mol. The topological polar surface area (TPSA) is 46.2 Å². The van der Waals surface area contributed by atoms with Crippen molar-refractivity contribution in [3.8, 4) is 0 Å². The highest BCUT2D eigenvalue weighted by Gasteiger charge is 2.10. The molecule has 0 atom stereocenters. The highest BCUT2D eigenvalue weighted by molar-refractivity contribution is 7.91. The molecule has 0 aliphatic carbocycles. The lowest BCUT2D eigenvalue weighted by molar-refractivity contribution is 0.568. The second-order valence-electron chi connectivity index (χ2n) is 4.79. The molecule has 0 unspecified atom stereocenters. The second kappa shape index (κ2) is 8.99. The van der Waals surface area contributed by atoms with Gasteiger partial charge in [0.2, 0.25) is 0 Å². The molecule has 0 spiro atoms. The quantitative estimate of drug-likeness (QED) is 0.604. The smallest absolute Gasteiger partial charge is 0.151 e. The van der Waals surface area contributed by atoms with Crippen molar-refractivity contribution in [3.05, 3.63) is 0 Å². The maximum Gasteiger partial charge on any atom is 0.151 e. The van der Waals surface area contributed by atoms with E-state index in [0.29, 0.717) is 18.2 Å². The molecule has 16 heavy (non-hydrogen) atoms. The van der Waals surface area contributed by atoms with Gasteiger partial charge in [-0.3, -0.25) is 0 Å². The molecule has 0 heterocycles. The Balaban J connectivity index is 3.51. The van der Waals surface area contributed by atoms with Gasteiger partial charge >= 0.3 is 0 Å². The van der Waals surface area contributed by atoms with Crippen LogP contribution in [0.3, 0.4) is 0 Å². The first-order valence-corrected chi connectivity index (χ1v) is 8.21. The maximum absolute atomic E-state index is 11.6. The molecule has 0 rings (SSSR count). The molecule has 0 aromatic heterocycles. The molecular weight excluding hydrogens is 222 g/mol. The summed E-state index contributed by atoms with van der Waals surface area (Å²) >= 11 is 0. The zero-order valence-corrected chi connectivity index (χ0v) is 11.8. The van der Waals surface area contributed by atoms with Crippen molar-refractivity contribution >= 4 is 9.84 Å². The van der Waals surface area contributed by atoms with Crippen LogP contribution in [0, 0.1) is 5.92 Å². The van der Waals surface area contributed by atoms with E-state index < -0.39 is 9.84 Å². The van der Waals surface area contributed by atoms with Crippen LogP contribution < -0.4 is 5.32 Å². The van der Waals surface area contributed by atoms with Crippen LogP contribution in [0.5, 0.6) is 0 Å². The lowest BCUT2D eigenvalue weighted by Crippen LogP contribution is -2.25. The van der Waals surface area contributed by atoms with E-state index in [1.807, 2.05) is 0 Å². The van der Waals surface area contributed by atoms with Crippen LogP contribution in [0.4, 0.5) is 0 Å². The third-order valence-corrected chi connectivity index (χ3v) is 4.24. The molecule has 0 radical (unpaired) electrons. The fraction of sp³-hybridized carbons (Fsp3) is 1.00. The summed E-state index contributed by atoms with van der Waals surface area (Å²) in [6, 6.07) is 0. The van der Waals surface area contributed by atoms with Crippen molar-refractivity contribution in [2.75, 3.05) is 24.6 Å². The minimum absolute atomic E-state index is 0.284. The van der Waals surface area contributed by atoms with E-state index in [9.17, 15) is 8.42 Å². The Morgan fingerprint density at radius 2 is 1.75 bits per heavy atom. The van der Waals surface area contributed by atoms with Crippen molar-refractivity contribution < 1.29 is 8.42 Å². The fourth-order valence-electron chi connectivity index (χ4n) is 1.37. The molecule has 3 nitrogen and oxygen atoms in total. The van der Waals surface area contributed by atoms with Gasteiger partial charge in [-0.25, -0.2) is 8.42 Å². The Morgan fingerprint density at radius 3 is 2.31 bits per heavy atom.